The van der Waals surface area contributed by atoms with E-state index in [1.54, 1.807) is 0 Å². The van der Waals surface area contributed by atoms with E-state index in [4.69, 9.17) is 11.6 Å². The molecule has 0 saturated carbocycles. The van der Waals surface area contributed by atoms with Crippen LogP contribution in [-0.2, 0) is 6.42 Å². The Morgan fingerprint density at radius 2 is 2.36 bits per heavy atom. The summed E-state index contributed by atoms with van der Waals surface area (Å²) in [6, 6.07) is 1.21. The zero-order valence-corrected chi connectivity index (χ0v) is 8.76. The van der Waals surface area contributed by atoms with Gasteiger partial charge in [-0.05, 0) is 12.5 Å². The van der Waals surface area contributed by atoms with Crippen LogP contribution in [0.25, 0.3) is 0 Å². The lowest BCUT2D eigenvalue weighted by Gasteiger charge is -2.08. The minimum absolute atomic E-state index is 0.247. The number of hydrogen-bond acceptors (Lipinski definition) is 2. The smallest absolute Gasteiger partial charge is 0.146 e. The highest BCUT2D eigenvalue weighted by Crippen LogP contribution is 2.14. The number of hydrogen-bond donors (Lipinski definition) is 1. The SMILES string of the molecule is CCCC(O)Cc1ncc(Cl)cc1F. The predicted octanol–water partition coefficient (Wildman–Crippen LogP) is 2.58. The lowest BCUT2D eigenvalue weighted by Crippen LogP contribution is -2.12. The van der Waals surface area contributed by atoms with Crippen LogP contribution in [0.3, 0.4) is 0 Å². The van der Waals surface area contributed by atoms with Gasteiger partial charge in [-0.15, -0.1) is 0 Å². The largest absolute Gasteiger partial charge is 0.393 e. The average Bonchev–Trinajstić information content (AvgIpc) is 2.10. The van der Waals surface area contributed by atoms with Gasteiger partial charge in [0.15, 0.2) is 0 Å². The Morgan fingerprint density at radius 3 is 2.93 bits per heavy atom. The molecular weight excluding hydrogens is 205 g/mol. The fourth-order valence-electron chi connectivity index (χ4n) is 1.25. The normalized spacial score (nSPS) is 12.9. The second-order valence-electron chi connectivity index (χ2n) is 3.23. The van der Waals surface area contributed by atoms with E-state index < -0.39 is 11.9 Å². The summed E-state index contributed by atoms with van der Waals surface area (Å²) in [5.41, 5.74) is 0.273. The van der Waals surface area contributed by atoms with Crippen LogP contribution in [0.4, 0.5) is 4.39 Å². The molecule has 0 aromatic carbocycles. The molecule has 1 unspecified atom stereocenters. The Hall–Kier alpha value is -0.670. The minimum atomic E-state index is -0.525. The van der Waals surface area contributed by atoms with Crippen molar-refractivity contribution in [1.29, 1.82) is 0 Å². The number of halogens is 2. The van der Waals surface area contributed by atoms with Gasteiger partial charge in [-0.1, -0.05) is 24.9 Å². The van der Waals surface area contributed by atoms with E-state index in [2.05, 4.69) is 4.98 Å². The van der Waals surface area contributed by atoms with E-state index in [0.29, 0.717) is 6.42 Å². The predicted molar refractivity (Wildman–Crippen MR) is 53.8 cm³/mol. The highest BCUT2D eigenvalue weighted by atomic mass is 35.5. The molecule has 14 heavy (non-hydrogen) atoms. The molecule has 1 heterocycles. The zero-order chi connectivity index (χ0) is 10.6. The Bertz CT molecular complexity index is 306. The van der Waals surface area contributed by atoms with Crippen LogP contribution in [0.5, 0.6) is 0 Å². The molecule has 0 spiro atoms. The summed E-state index contributed by atoms with van der Waals surface area (Å²) < 4.78 is 13.2. The van der Waals surface area contributed by atoms with Gasteiger partial charge in [0.2, 0.25) is 0 Å². The number of aliphatic hydroxyl groups excluding tert-OH is 1. The van der Waals surface area contributed by atoms with Gasteiger partial charge in [0.25, 0.3) is 0 Å². The number of pyridine rings is 1. The molecule has 2 nitrogen and oxygen atoms in total. The van der Waals surface area contributed by atoms with Gasteiger partial charge in [0.1, 0.15) is 5.82 Å². The fraction of sp³-hybridized carbons (Fsp3) is 0.500. The third kappa shape index (κ3) is 3.24. The molecule has 0 bridgehead atoms. The standard InChI is InChI=1S/C10H13ClFNO/c1-2-3-8(14)5-10-9(12)4-7(11)6-13-10/h4,6,8,14H,2-3,5H2,1H3. The van der Waals surface area contributed by atoms with Crippen LogP contribution < -0.4 is 0 Å². The molecular formula is C10H13ClFNO. The average molecular weight is 218 g/mol. The summed E-state index contributed by atoms with van der Waals surface area (Å²) in [6.45, 7) is 1.97. The van der Waals surface area contributed by atoms with E-state index in [9.17, 15) is 9.50 Å². The second-order valence-corrected chi connectivity index (χ2v) is 3.67. The molecule has 1 N–H and O–H groups in total. The van der Waals surface area contributed by atoms with Crippen LogP contribution in [-0.4, -0.2) is 16.2 Å². The molecule has 0 saturated heterocycles. The van der Waals surface area contributed by atoms with Crippen molar-refractivity contribution in [1.82, 2.24) is 4.98 Å². The molecule has 1 aromatic heterocycles. The van der Waals surface area contributed by atoms with Gasteiger partial charge in [-0.2, -0.15) is 0 Å². The van der Waals surface area contributed by atoms with E-state index in [1.807, 2.05) is 6.92 Å². The molecule has 0 aliphatic heterocycles. The highest BCUT2D eigenvalue weighted by Gasteiger charge is 2.10. The number of rotatable bonds is 4. The Kier molecular flexibility index (Phi) is 4.29. The van der Waals surface area contributed by atoms with Crippen molar-refractivity contribution in [3.63, 3.8) is 0 Å². The summed E-state index contributed by atoms with van der Waals surface area (Å²) >= 11 is 5.55. The first-order valence-corrected chi connectivity index (χ1v) is 4.99. The van der Waals surface area contributed by atoms with Crippen LogP contribution in [0.15, 0.2) is 12.3 Å². The van der Waals surface area contributed by atoms with E-state index >= 15 is 0 Å². The first-order chi connectivity index (χ1) is 6.63. The van der Waals surface area contributed by atoms with Crippen molar-refractivity contribution < 1.29 is 9.50 Å². The summed E-state index contributed by atoms with van der Waals surface area (Å²) in [5.74, 6) is -0.451. The van der Waals surface area contributed by atoms with Crippen LogP contribution in [0.1, 0.15) is 25.5 Å². The third-order valence-electron chi connectivity index (χ3n) is 1.93. The molecule has 1 aromatic rings. The lowest BCUT2D eigenvalue weighted by molar-refractivity contribution is 0.161. The van der Waals surface area contributed by atoms with Gasteiger partial charge in [-0.25, -0.2) is 4.39 Å². The van der Waals surface area contributed by atoms with E-state index in [1.165, 1.54) is 12.3 Å². The summed E-state index contributed by atoms with van der Waals surface area (Å²) in [5, 5.41) is 9.73. The minimum Gasteiger partial charge on any atom is -0.393 e. The topological polar surface area (TPSA) is 33.1 Å². The molecule has 0 fully saturated rings. The quantitative estimate of drug-likeness (QED) is 0.841. The van der Waals surface area contributed by atoms with Crippen LogP contribution in [0.2, 0.25) is 5.02 Å². The number of aliphatic hydroxyl groups is 1. The molecule has 1 rings (SSSR count). The summed E-state index contributed by atoms with van der Waals surface area (Å²) in [7, 11) is 0. The fourth-order valence-corrected chi connectivity index (χ4v) is 1.40. The van der Waals surface area contributed by atoms with Crippen LogP contribution >= 0.6 is 11.6 Å². The first kappa shape index (κ1) is 11.4. The van der Waals surface area contributed by atoms with Crippen molar-refractivity contribution in [3.05, 3.63) is 28.8 Å². The number of aromatic nitrogens is 1. The van der Waals surface area contributed by atoms with Crippen molar-refractivity contribution in [2.45, 2.75) is 32.3 Å². The highest BCUT2D eigenvalue weighted by molar-refractivity contribution is 6.30. The van der Waals surface area contributed by atoms with Crippen LogP contribution in [0, 0.1) is 5.82 Å². The molecule has 4 heteroatoms. The second kappa shape index (κ2) is 5.27. The maximum atomic E-state index is 13.2. The monoisotopic (exact) mass is 217 g/mol. The molecule has 0 amide bonds. The zero-order valence-electron chi connectivity index (χ0n) is 8.00. The Labute approximate surface area is 87.7 Å². The van der Waals surface area contributed by atoms with Gasteiger partial charge < -0.3 is 5.11 Å². The van der Waals surface area contributed by atoms with Crippen molar-refractivity contribution in [2.75, 3.05) is 0 Å². The summed E-state index contributed by atoms with van der Waals surface area (Å²) in [4.78, 5) is 3.83. The number of nitrogens with zero attached hydrogens (tertiary/aromatic N) is 1. The molecule has 78 valence electrons. The summed E-state index contributed by atoms with van der Waals surface area (Å²) in [6.07, 6.45) is 2.64. The molecule has 0 radical (unpaired) electrons. The van der Waals surface area contributed by atoms with Gasteiger partial charge in [0, 0.05) is 12.6 Å². The van der Waals surface area contributed by atoms with E-state index in [-0.39, 0.29) is 17.1 Å². The third-order valence-corrected chi connectivity index (χ3v) is 2.14. The Balaban J connectivity index is 2.67. The Morgan fingerprint density at radius 1 is 1.64 bits per heavy atom. The molecule has 0 aliphatic rings. The van der Waals surface area contributed by atoms with Gasteiger partial charge in [-0.3, -0.25) is 4.98 Å². The van der Waals surface area contributed by atoms with Gasteiger partial charge in [0.05, 0.1) is 16.8 Å². The first-order valence-electron chi connectivity index (χ1n) is 4.61. The molecule has 0 aliphatic carbocycles. The maximum Gasteiger partial charge on any atom is 0.146 e. The van der Waals surface area contributed by atoms with Crippen molar-refractivity contribution in [3.8, 4) is 0 Å². The van der Waals surface area contributed by atoms with Crippen molar-refractivity contribution in [2.24, 2.45) is 0 Å². The molecule has 1 atom stereocenters. The van der Waals surface area contributed by atoms with E-state index in [0.717, 1.165) is 6.42 Å². The van der Waals surface area contributed by atoms with Gasteiger partial charge >= 0.3 is 0 Å². The lowest BCUT2D eigenvalue weighted by atomic mass is 10.1. The maximum absolute atomic E-state index is 13.2. The van der Waals surface area contributed by atoms with Crippen molar-refractivity contribution >= 4 is 11.6 Å².